The van der Waals surface area contributed by atoms with Gasteiger partial charge in [-0.2, -0.15) is 5.10 Å². The molecular weight excluding hydrogens is 218 g/mol. The number of hydrazine groups is 1. The number of nitrogens with zero attached hydrogens (tertiary/aromatic N) is 3. The van der Waals surface area contributed by atoms with Crippen LogP contribution in [0.25, 0.3) is 0 Å². The number of nitrogens with one attached hydrogen (secondary N) is 1. The first-order chi connectivity index (χ1) is 8.13. The topological polar surface area (TPSA) is 78.0 Å². The molecule has 0 saturated carbocycles. The third-order valence-electron chi connectivity index (χ3n) is 2.94. The van der Waals surface area contributed by atoms with Gasteiger partial charge in [0.15, 0.2) is 0 Å². The molecule has 1 rings (SSSR count). The SMILES string of the molecule is CCn1ncnc1CC(NN)C(OC)C(C)C. The normalized spacial score (nSPS) is 15.2. The van der Waals surface area contributed by atoms with Gasteiger partial charge in [-0.3, -0.25) is 16.0 Å². The molecule has 98 valence electrons. The van der Waals surface area contributed by atoms with Gasteiger partial charge < -0.3 is 4.74 Å². The second-order valence-electron chi connectivity index (χ2n) is 4.41. The Balaban J connectivity index is 2.75. The van der Waals surface area contributed by atoms with Crippen LogP contribution < -0.4 is 11.3 Å². The monoisotopic (exact) mass is 241 g/mol. The predicted octanol–water partition coefficient (Wildman–Crippen LogP) is 0.343. The smallest absolute Gasteiger partial charge is 0.138 e. The number of hydrogen-bond acceptors (Lipinski definition) is 5. The molecule has 0 aromatic carbocycles. The molecule has 1 aromatic heterocycles. The molecule has 2 unspecified atom stereocenters. The van der Waals surface area contributed by atoms with E-state index in [-0.39, 0.29) is 12.1 Å². The second kappa shape index (κ2) is 6.68. The van der Waals surface area contributed by atoms with Crippen molar-refractivity contribution in [3.05, 3.63) is 12.2 Å². The van der Waals surface area contributed by atoms with Crippen molar-refractivity contribution in [1.29, 1.82) is 0 Å². The van der Waals surface area contributed by atoms with E-state index in [1.54, 1.807) is 13.4 Å². The summed E-state index contributed by atoms with van der Waals surface area (Å²) >= 11 is 0. The van der Waals surface area contributed by atoms with Crippen LogP contribution in [0.15, 0.2) is 6.33 Å². The van der Waals surface area contributed by atoms with Gasteiger partial charge >= 0.3 is 0 Å². The highest BCUT2D eigenvalue weighted by Crippen LogP contribution is 2.13. The zero-order valence-electron chi connectivity index (χ0n) is 11.1. The van der Waals surface area contributed by atoms with Gasteiger partial charge in [0, 0.05) is 20.1 Å². The lowest BCUT2D eigenvalue weighted by molar-refractivity contribution is 0.0324. The second-order valence-corrected chi connectivity index (χ2v) is 4.41. The molecule has 17 heavy (non-hydrogen) atoms. The van der Waals surface area contributed by atoms with Crippen LogP contribution in [0.3, 0.4) is 0 Å². The average Bonchev–Trinajstić information content (AvgIpc) is 2.75. The van der Waals surface area contributed by atoms with Crippen molar-refractivity contribution in [3.63, 3.8) is 0 Å². The van der Waals surface area contributed by atoms with Crippen LogP contribution >= 0.6 is 0 Å². The van der Waals surface area contributed by atoms with Crippen LogP contribution in [-0.4, -0.2) is 34.0 Å². The zero-order chi connectivity index (χ0) is 12.8. The molecule has 0 bridgehead atoms. The summed E-state index contributed by atoms with van der Waals surface area (Å²) in [5, 5.41) is 4.15. The summed E-state index contributed by atoms with van der Waals surface area (Å²) in [7, 11) is 1.71. The first-order valence-electron chi connectivity index (χ1n) is 5.99. The number of methoxy groups -OCH3 is 1. The van der Waals surface area contributed by atoms with Crippen LogP contribution in [0.5, 0.6) is 0 Å². The van der Waals surface area contributed by atoms with Gasteiger partial charge in [0.05, 0.1) is 12.1 Å². The maximum absolute atomic E-state index is 5.61. The summed E-state index contributed by atoms with van der Waals surface area (Å²) in [6, 6.07) is 0.0366. The molecule has 0 aliphatic carbocycles. The Kier molecular flexibility index (Phi) is 5.54. The maximum atomic E-state index is 5.61. The molecule has 0 fully saturated rings. The lowest BCUT2D eigenvalue weighted by Gasteiger charge is -2.28. The molecule has 0 aliphatic heterocycles. The molecule has 0 spiro atoms. The van der Waals surface area contributed by atoms with Crippen molar-refractivity contribution in [2.24, 2.45) is 11.8 Å². The minimum atomic E-state index is 0.0366. The first-order valence-corrected chi connectivity index (χ1v) is 5.99. The number of rotatable bonds is 7. The van der Waals surface area contributed by atoms with E-state index in [1.165, 1.54) is 0 Å². The van der Waals surface area contributed by atoms with Gasteiger partial charge in [-0.1, -0.05) is 13.8 Å². The summed E-state index contributed by atoms with van der Waals surface area (Å²) in [4.78, 5) is 4.25. The van der Waals surface area contributed by atoms with Crippen molar-refractivity contribution < 1.29 is 4.74 Å². The number of ether oxygens (including phenoxy) is 1. The largest absolute Gasteiger partial charge is 0.379 e. The number of hydrogen-bond donors (Lipinski definition) is 2. The Bertz CT molecular complexity index is 325. The Morgan fingerprint density at radius 2 is 2.24 bits per heavy atom. The molecule has 0 saturated heterocycles. The highest BCUT2D eigenvalue weighted by molar-refractivity contribution is 4.92. The zero-order valence-corrected chi connectivity index (χ0v) is 11.1. The van der Waals surface area contributed by atoms with Crippen LogP contribution in [0, 0.1) is 5.92 Å². The van der Waals surface area contributed by atoms with Gasteiger partial charge in [-0.15, -0.1) is 0 Å². The lowest BCUT2D eigenvalue weighted by atomic mass is 9.97. The Hall–Kier alpha value is -0.980. The summed E-state index contributed by atoms with van der Waals surface area (Å²) in [5.74, 6) is 6.92. The molecule has 6 heteroatoms. The molecule has 0 radical (unpaired) electrons. The molecular formula is C11H23N5O. The van der Waals surface area contributed by atoms with Crippen molar-refractivity contribution in [2.45, 2.75) is 45.9 Å². The lowest BCUT2D eigenvalue weighted by Crippen LogP contribution is -2.48. The molecule has 1 aromatic rings. The van der Waals surface area contributed by atoms with Crippen LogP contribution in [0.4, 0.5) is 0 Å². The predicted molar refractivity (Wildman–Crippen MR) is 66.1 cm³/mol. The Morgan fingerprint density at radius 3 is 2.71 bits per heavy atom. The van der Waals surface area contributed by atoms with Crippen molar-refractivity contribution in [3.8, 4) is 0 Å². The fourth-order valence-electron chi connectivity index (χ4n) is 2.08. The van der Waals surface area contributed by atoms with E-state index in [0.717, 1.165) is 12.4 Å². The first kappa shape index (κ1) is 14.1. The van der Waals surface area contributed by atoms with E-state index in [9.17, 15) is 0 Å². The Labute approximate surface area is 103 Å². The van der Waals surface area contributed by atoms with Gasteiger partial charge in [0.25, 0.3) is 0 Å². The van der Waals surface area contributed by atoms with E-state index >= 15 is 0 Å². The van der Waals surface area contributed by atoms with E-state index in [2.05, 4.69) is 29.4 Å². The van der Waals surface area contributed by atoms with E-state index in [0.29, 0.717) is 12.3 Å². The van der Waals surface area contributed by atoms with Crippen molar-refractivity contribution in [2.75, 3.05) is 7.11 Å². The number of aryl methyl sites for hydroxylation is 1. The van der Waals surface area contributed by atoms with E-state index in [4.69, 9.17) is 10.6 Å². The van der Waals surface area contributed by atoms with E-state index < -0.39 is 0 Å². The van der Waals surface area contributed by atoms with Crippen LogP contribution in [0.1, 0.15) is 26.6 Å². The van der Waals surface area contributed by atoms with Gasteiger partial charge in [-0.05, 0) is 12.8 Å². The summed E-state index contributed by atoms with van der Waals surface area (Å²) in [5.41, 5.74) is 2.82. The molecule has 6 nitrogen and oxygen atoms in total. The Morgan fingerprint density at radius 1 is 1.53 bits per heavy atom. The standard InChI is InChI=1S/C11H23N5O/c1-5-16-10(13-7-14-16)6-9(15-12)11(17-4)8(2)3/h7-9,11,15H,5-6,12H2,1-4H3. The summed E-state index contributed by atoms with van der Waals surface area (Å²) in [6.07, 6.45) is 2.34. The minimum absolute atomic E-state index is 0.0366. The molecule has 2 atom stereocenters. The molecule has 0 amide bonds. The third kappa shape index (κ3) is 3.49. The summed E-state index contributed by atoms with van der Waals surface area (Å²) < 4.78 is 7.36. The van der Waals surface area contributed by atoms with Crippen molar-refractivity contribution in [1.82, 2.24) is 20.2 Å². The van der Waals surface area contributed by atoms with Gasteiger partial charge in [0.1, 0.15) is 12.2 Å². The quantitative estimate of drug-likeness (QED) is 0.532. The third-order valence-corrected chi connectivity index (χ3v) is 2.94. The van der Waals surface area contributed by atoms with Gasteiger partial charge in [-0.25, -0.2) is 4.98 Å². The fraction of sp³-hybridized carbons (Fsp3) is 0.818. The highest BCUT2D eigenvalue weighted by Gasteiger charge is 2.25. The fourth-order valence-corrected chi connectivity index (χ4v) is 2.08. The number of aromatic nitrogens is 3. The highest BCUT2D eigenvalue weighted by atomic mass is 16.5. The minimum Gasteiger partial charge on any atom is -0.379 e. The average molecular weight is 241 g/mol. The van der Waals surface area contributed by atoms with E-state index in [1.807, 2.05) is 11.6 Å². The number of nitrogens with two attached hydrogens (primary N) is 1. The summed E-state index contributed by atoms with van der Waals surface area (Å²) in [6.45, 7) is 7.08. The van der Waals surface area contributed by atoms with Crippen LogP contribution in [-0.2, 0) is 17.7 Å². The van der Waals surface area contributed by atoms with Gasteiger partial charge in [0.2, 0.25) is 0 Å². The van der Waals surface area contributed by atoms with Crippen LogP contribution in [0.2, 0.25) is 0 Å². The van der Waals surface area contributed by atoms with Crippen molar-refractivity contribution >= 4 is 0 Å². The molecule has 0 aliphatic rings. The molecule has 3 N–H and O–H groups in total. The maximum Gasteiger partial charge on any atom is 0.138 e. The molecule has 1 heterocycles.